The highest BCUT2D eigenvalue weighted by molar-refractivity contribution is 5.75. The number of carbonyl (C=O) groups excluding carboxylic acids is 2. The van der Waals surface area contributed by atoms with Crippen LogP contribution in [-0.2, 0) is 14.3 Å². The SMILES string of the molecule is CCCCCC(=O)OCN(C)C(=O)CC. The minimum Gasteiger partial charge on any atom is -0.444 e. The van der Waals surface area contributed by atoms with Gasteiger partial charge in [-0.15, -0.1) is 0 Å². The number of unbranched alkanes of at least 4 members (excludes halogenated alkanes) is 2. The standard InChI is InChI=1S/C11H21NO3/c1-4-6-7-8-11(14)15-9-12(3)10(13)5-2/h4-9H2,1-3H3. The van der Waals surface area contributed by atoms with E-state index in [4.69, 9.17) is 4.74 Å². The molecule has 0 saturated heterocycles. The van der Waals surface area contributed by atoms with Crippen LogP contribution in [0.3, 0.4) is 0 Å². The molecule has 0 unspecified atom stereocenters. The van der Waals surface area contributed by atoms with Gasteiger partial charge in [0, 0.05) is 19.9 Å². The van der Waals surface area contributed by atoms with E-state index in [-0.39, 0.29) is 18.6 Å². The van der Waals surface area contributed by atoms with Gasteiger partial charge in [-0.2, -0.15) is 0 Å². The Hall–Kier alpha value is -1.06. The van der Waals surface area contributed by atoms with E-state index in [2.05, 4.69) is 6.92 Å². The third-order valence-electron chi connectivity index (χ3n) is 2.13. The Morgan fingerprint density at radius 2 is 1.87 bits per heavy atom. The molecular weight excluding hydrogens is 194 g/mol. The summed E-state index contributed by atoms with van der Waals surface area (Å²) in [5.74, 6) is -0.240. The lowest BCUT2D eigenvalue weighted by Crippen LogP contribution is -2.29. The minimum absolute atomic E-state index is 0.0173. The van der Waals surface area contributed by atoms with Crippen molar-refractivity contribution in [3.63, 3.8) is 0 Å². The van der Waals surface area contributed by atoms with Gasteiger partial charge in [0.25, 0.3) is 0 Å². The third-order valence-corrected chi connectivity index (χ3v) is 2.13. The van der Waals surface area contributed by atoms with Crippen molar-refractivity contribution in [2.24, 2.45) is 0 Å². The van der Waals surface area contributed by atoms with Gasteiger partial charge in [0.05, 0.1) is 0 Å². The zero-order chi connectivity index (χ0) is 11.7. The van der Waals surface area contributed by atoms with E-state index in [0.29, 0.717) is 12.8 Å². The van der Waals surface area contributed by atoms with Gasteiger partial charge in [-0.05, 0) is 6.42 Å². The lowest BCUT2D eigenvalue weighted by molar-refractivity contribution is -0.151. The molecule has 0 aromatic rings. The molecule has 0 rings (SSSR count). The summed E-state index contributed by atoms with van der Waals surface area (Å²) in [6.07, 6.45) is 3.87. The maximum Gasteiger partial charge on any atom is 0.307 e. The van der Waals surface area contributed by atoms with Gasteiger partial charge in [0.15, 0.2) is 6.73 Å². The van der Waals surface area contributed by atoms with Crippen molar-refractivity contribution in [3.8, 4) is 0 Å². The molecule has 88 valence electrons. The van der Waals surface area contributed by atoms with Crippen molar-refractivity contribution < 1.29 is 14.3 Å². The first-order valence-corrected chi connectivity index (χ1v) is 5.51. The smallest absolute Gasteiger partial charge is 0.307 e. The number of esters is 1. The molecule has 0 fully saturated rings. The molecular formula is C11H21NO3. The van der Waals surface area contributed by atoms with Crippen molar-refractivity contribution in [2.45, 2.75) is 46.0 Å². The van der Waals surface area contributed by atoms with Crippen molar-refractivity contribution in [1.29, 1.82) is 0 Å². The van der Waals surface area contributed by atoms with Crippen LogP contribution in [0.4, 0.5) is 0 Å². The molecule has 0 aliphatic heterocycles. The van der Waals surface area contributed by atoms with Crippen LogP contribution < -0.4 is 0 Å². The van der Waals surface area contributed by atoms with Crippen LogP contribution in [0, 0.1) is 0 Å². The molecule has 0 heterocycles. The Bertz CT molecular complexity index is 204. The maximum absolute atomic E-state index is 11.2. The van der Waals surface area contributed by atoms with Gasteiger partial charge in [-0.3, -0.25) is 9.59 Å². The molecule has 4 heteroatoms. The number of amides is 1. The molecule has 0 radical (unpaired) electrons. The molecule has 4 nitrogen and oxygen atoms in total. The first-order chi connectivity index (χ1) is 7.11. The fourth-order valence-corrected chi connectivity index (χ4v) is 1.10. The molecule has 0 aliphatic carbocycles. The van der Waals surface area contributed by atoms with Gasteiger partial charge in [-0.1, -0.05) is 26.7 Å². The zero-order valence-electron chi connectivity index (χ0n) is 9.91. The van der Waals surface area contributed by atoms with Gasteiger partial charge in [0.1, 0.15) is 0 Å². The first-order valence-electron chi connectivity index (χ1n) is 5.51. The quantitative estimate of drug-likeness (QED) is 0.370. The Morgan fingerprint density at radius 3 is 2.40 bits per heavy atom. The Kier molecular flexibility index (Phi) is 7.68. The highest BCUT2D eigenvalue weighted by Crippen LogP contribution is 2.01. The summed E-state index contributed by atoms with van der Waals surface area (Å²) in [4.78, 5) is 23.7. The molecule has 15 heavy (non-hydrogen) atoms. The van der Waals surface area contributed by atoms with E-state index < -0.39 is 0 Å². The van der Waals surface area contributed by atoms with Crippen molar-refractivity contribution in [1.82, 2.24) is 4.90 Å². The first kappa shape index (κ1) is 13.9. The van der Waals surface area contributed by atoms with E-state index >= 15 is 0 Å². The van der Waals surface area contributed by atoms with E-state index in [1.54, 1.807) is 14.0 Å². The van der Waals surface area contributed by atoms with Gasteiger partial charge in [-0.25, -0.2) is 0 Å². The van der Waals surface area contributed by atoms with Crippen LogP contribution in [0.15, 0.2) is 0 Å². The predicted octanol–water partition coefficient (Wildman–Crippen LogP) is 1.94. The summed E-state index contributed by atoms with van der Waals surface area (Å²) in [5, 5.41) is 0. The van der Waals surface area contributed by atoms with Gasteiger partial charge in [0.2, 0.25) is 5.91 Å². The van der Waals surface area contributed by atoms with Crippen LogP contribution in [0.1, 0.15) is 46.0 Å². The molecule has 1 amide bonds. The lowest BCUT2D eigenvalue weighted by Gasteiger charge is -2.15. The highest BCUT2D eigenvalue weighted by atomic mass is 16.5. The Balaban J connectivity index is 3.57. The molecule has 0 aromatic carbocycles. The van der Waals surface area contributed by atoms with Crippen LogP contribution in [0.25, 0.3) is 0 Å². The number of hydrogen-bond donors (Lipinski definition) is 0. The molecule has 0 aliphatic rings. The van der Waals surface area contributed by atoms with Crippen LogP contribution in [0.5, 0.6) is 0 Å². The average molecular weight is 215 g/mol. The monoisotopic (exact) mass is 215 g/mol. The minimum atomic E-state index is -0.223. The van der Waals surface area contributed by atoms with Gasteiger partial charge >= 0.3 is 5.97 Å². The van der Waals surface area contributed by atoms with E-state index in [1.165, 1.54) is 4.90 Å². The fourth-order valence-electron chi connectivity index (χ4n) is 1.10. The lowest BCUT2D eigenvalue weighted by atomic mass is 10.2. The second kappa shape index (κ2) is 8.26. The summed E-state index contributed by atoms with van der Waals surface area (Å²) in [6.45, 7) is 3.93. The molecule has 0 atom stereocenters. The average Bonchev–Trinajstić information content (AvgIpc) is 2.25. The van der Waals surface area contributed by atoms with E-state index in [0.717, 1.165) is 19.3 Å². The molecule has 0 N–H and O–H groups in total. The van der Waals surface area contributed by atoms with Crippen molar-refractivity contribution in [2.75, 3.05) is 13.8 Å². The summed E-state index contributed by atoms with van der Waals surface area (Å²) in [6, 6.07) is 0. The van der Waals surface area contributed by atoms with Crippen LogP contribution in [0.2, 0.25) is 0 Å². The van der Waals surface area contributed by atoms with Gasteiger partial charge < -0.3 is 9.64 Å². The topological polar surface area (TPSA) is 46.6 Å². The Labute approximate surface area is 91.6 Å². The summed E-state index contributed by atoms with van der Waals surface area (Å²) in [5.41, 5.74) is 0. The second-order valence-corrected chi connectivity index (χ2v) is 3.55. The number of nitrogens with zero attached hydrogens (tertiary/aromatic N) is 1. The summed E-state index contributed by atoms with van der Waals surface area (Å²) < 4.78 is 4.94. The number of carbonyl (C=O) groups is 2. The largest absolute Gasteiger partial charge is 0.444 e. The molecule has 0 spiro atoms. The van der Waals surface area contributed by atoms with Crippen molar-refractivity contribution >= 4 is 11.9 Å². The number of rotatable bonds is 7. The van der Waals surface area contributed by atoms with Crippen LogP contribution in [-0.4, -0.2) is 30.6 Å². The van der Waals surface area contributed by atoms with E-state index in [1.807, 2.05) is 0 Å². The van der Waals surface area contributed by atoms with Crippen LogP contribution >= 0.6 is 0 Å². The molecule has 0 aromatic heterocycles. The summed E-state index contributed by atoms with van der Waals surface area (Å²) in [7, 11) is 1.63. The molecule has 0 saturated carbocycles. The number of hydrogen-bond acceptors (Lipinski definition) is 3. The molecule has 0 bridgehead atoms. The van der Waals surface area contributed by atoms with E-state index in [9.17, 15) is 9.59 Å². The normalized spacial score (nSPS) is 9.80. The zero-order valence-corrected chi connectivity index (χ0v) is 9.91. The highest BCUT2D eigenvalue weighted by Gasteiger charge is 2.08. The summed E-state index contributed by atoms with van der Waals surface area (Å²) >= 11 is 0. The fraction of sp³-hybridized carbons (Fsp3) is 0.818. The van der Waals surface area contributed by atoms with Crippen molar-refractivity contribution in [3.05, 3.63) is 0 Å². The number of ether oxygens (including phenoxy) is 1. The second-order valence-electron chi connectivity index (χ2n) is 3.55. The Morgan fingerprint density at radius 1 is 1.20 bits per heavy atom. The maximum atomic E-state index is 11.2. The predicted molar refractivity (Wildman–Crippen MR) is 58.2 cm³/mol. The third kappa shape index (κ3) is 6.94.